The van der Waals surface area contributed by atoms with Gasteiger partial charge in [0.05, 0.1) is 23.9 Å². The Bertz CT molecular complexity index is 1490. The van der Waals surface area contributed by atoms with Gasteiger partial charge in [-0.1, -0.05) is 23.7 Å². The number of halogens is 4. The fraction of sp³-hybridized carbons (Fsp3) is 0.310. The lowest BCUT2D eigenvalue weighted by molar-refractivity contribution is -0.142. The topological polar surface area (TPSA) is 107 Å². The molecule has 1 fully saturated rings. The summed E-state index contributed by atoms with van der Waals surface area (Å²) in [5.41, 5.74) is -0.578. The van der Waals surface area contributed by atoms with Crippen LogP contribution in [0.1, 0.15) is 40.9 Å². The van der Waals surface area contributed by atoms with Gasteiger partial charge < -0.3 is 14.7 Å². The molecule has 0 aliphatic carbocycles. The molecular formula is C29H26ClF3N4O4. The number of nitrogens with zero attached hydrogens (tertiary/aromatic N) is 4. The second kappa shape index (κ2) is 12.6. The van der Waals surface area contributed by atoms with Gasteiger partial charge in [0.2, 0.25) is 0 Å². The number of nitriles is 1. The first kappa shape index (κ1) is 29.8. The average molecular weight is 587 g/mol. The van der Waals surface area contributed by atoms with Gasteiger partial charge in [-0.25, -0.2) is 0 Å². The summed E-state index contributed by atoms with van der Waals surface area (Å²) in [4.78, 5) is 31.6. The van der Waals surface area contributed by atoms with E-state index in [2.05, 4.69) is 4.98 Å². The van der Waals surface area contributed by atoms with Crippen molar-refractivity contribution in [2.45, 2.75) is 31.5 Å². The minimum atomic E-state index is -4.72. The van der Waals surface area contributed by atoms with Crippen molar-refractivity contribution in [3.05, 3.63) is 76.6 Å². The van der Waals surface area contributed by atoms with Crippen molar-refractivity contribution in [1.82, 2.24) is 9.88 Å². The van der Waals surface area contributed by atoms with Crippen molar-refractivity contribution >= 4 is 29.2 Å². The number of pyridine rings is 1. The highest BCUT2D eigenvalue weighted by molar-refractivity contribution is 6.33. The van der Waals surface area contributed by atoms with E-state index in [1.807, 2.05) is 4.90 Å². The number of carbonyl (C=O) groups is 2. The number of aromatic nitrogens is 1. The van der Waals surface area contributed by atoms with Gasteiger partial charge in [-0.05, 0) is 62.2 Å². The van der Waals surface area contributed by atoms with Crippen LogP contribution in [0.5, 0.6) is 5.75 Å². The quantitative estimate of drug-likeness (QED) is 0.312. The fourth-order valence-corrected chi connectivity index (χ4v) is 4.98. The van der Waals surface area contributed by atoms with Gasteiger partial charge in [0.1, 0.15) is 17.5 Å². The molecule has 1 aliphatic rings. The first-order valence-corrected chi connectivity index (χ1v) is 13.1. The second-order valence-electron chi connectivity index (χ2n) is 9.49. The van der Waals surface area contributed by atoms with Crippen molar-refractivity contribution in [2.75, 3.05) is 31.6 Å². The number of anilines is 1. The first-order chi connectivity index (χ1) is 19.5. The highest BCUT2D eigenvalue weighted by Crippen LogP contribution is 2.35. The van der Waals surface area contributed by atoms with Gasteiger partial charge in [0, 0.05) is 41.5 Å². The standard InChI is InChI=1S/C29H26ClF3N4O4/c1-36(23-6-2-3-8-25(23)41-13-5-12-37-11-4-7-24(37)28(39)40)27(38)18-9-10-22(30)20(14-18)21-17-35-26(29(31,32)33)15-19(21)16-34/h2-3,6,8-10,14-15,17,24H,4-5,7,11-13H2,1H3,(H,39,40)/t24-/m0/s1. The third-order valence-corrected chi connectivity index (χ3v) is 7.18. The zero-order chi connectivity index (χ0) is 29.7. The number of alkyl halides is 3. The van der Waals surface area contributed by atoms with Crippen LogP contribution in [0, 0.1) is 11.3 Å². The van der Waals surface area contributed by atoms with E-state index in [4.69, 9.17) is 16.3 Å². The molecule has 0 bridgehead atoms. The molecule has 12 heteroatoms. The van der Waals surface area contributed by atoms with Crippen LogP contribution in [-0.2, 0) is 11.0 Å². The number of hydrogen-bond donors (Lipinski definition) is 1. The summed E-state index contributed by atoms with van der Waals surface area (Å²) >= 11 is 6.32. The van der Waals surface area contributed by atoms with E-state index < -0.39 is 29.8 Å². The molecule has 1 aliphatic heterocycles. The van der Waals surface area contributed by atoms with E-state index >= 15 is 0 Å². The molecule has 1 amide bonds. The highest BCUT2D eigenvalue weighted by atomic mass is 35.5. The number of carboxylic acid groups (broad SMARTS) is 1. The number of carbonyl (C=O) groups excluding carboxylic acids is 1. The summed E-state index contributed by atoms with van der Waals surface area (Å²) in [6.07, 6.45) is -1.74. The minimum Gasteiger partial charge on any atom is -0.491 e. The van der Waals surface area contributed by atoms with Crippen molar-refractivity contribution < 1.29 is 32.6 Å². The Morgan fingerprint density at radius 2 is 1.98 bits per heavy atom. The van der Waals surface area contributed by atoms with E-state index in [1.54, 1.807) is 37.4 Å². The van der Waals surface area contributed by atoms with E-state index in [1.165, 1.54) is 23.1 Å². The predicted molar refractivity (Wildman–Crippen MR) is 146 cm³/mol. The molecule has 0 radical (unpaired) electrons. The van der Waals surface area contributed by atoms with Crippen molar-refractivity contribution in [1.29, 1.82) is 5.26 Å². The Hall–Kier alpha value is -4.14. The third-order valence-electron chi connectivity index (χ3n) is 6.85. The van der Waals surface area contributed by atoms with Gasteiger partial charge in [-0.3, -0.25) is 19.5 Å². The maximum absolute atomic E-state index is 13.5. The van der Waals surface area contributed by atoms with E-state index in [0.717, 1.165) is 19.2 Å². The maximum atomic E-state index is 13.5. The highest BCUT2D eigenvalue weighted by Gasteiger charge is 2.33. The molecule has 0 saturated carbocycles. The molecule has 1 saturated heterocycles. The van der Waals surface area contributed by atoms with E-state index in [9.17, 15) is 33.1 Å². The van der Waals surface area contributed by atoms with Crippen molar-refractivity contribution in [3.63, 3.8) is 0 Å². The molecular weight excluding hydrogens is 561 g/mol. The Kier molecular flexibility index (Phi) is 9.15. The monoisotopic (exact) mass is 586 g/mol. The van der Waals surface area contributed by atoms with Crippen molar-refractivity contribution in [2.24, 2.45) is 0 Å². The lowest BCUT2D eigenvalue weighted by atomic mass is 9.99. The normalized spacial score (nSPS) is 15.4. The van der Waals surface area contributed by atoms with Gasteiger partial charge >= 0.3 is 12.1 Å². The molecule has 8 nitrogen and oxygen atoms in total. The van der Waals surface area contributed by atoms with E-state index in [-0.39, 0.29) is 27.3 Å². The zero-order valence-electron chi connectivity index (χ0n) is 22.0. The largest absolute Gasteiger partial charge is 0.491 e. The number of rotatable bonds is 9. The fourth-order valence-electron chi connectivity index (χ4n) is 4.76. The number of benzene rings is 2. The lowest BCUT2D eigenvalue weighted by Crippen LogP contribution is -2.37. The summed E-state index contributed by atoms with van der Waals surface area (Å²) in [6, 6.07) is 13.2. The van der Waals surface area contributed by atoms with Crippen LogP contribution in [0.25, 0.3) is 11.1 Å². The molecule has 1 atom stereocenters. The predicted octanol–water partition coefficient (Wildman–Crippen LogP) is 5.89. The Morgan fingerprint density at radius 3 is 2.68 bits per heavy atom. The van der Waals surface area contributed by atoms with Gasteiger partial charge in [0.25, 0.3) is 5.91 Å². The van der Waals surface area contributed by atoms with Crippen LogP contribution in [0.15, 0.2) is 54.7 Å². The maximum Gasteiger partial charge on any atom is 0.433 e. The summed E-state index contributed by atoms with van der Waals surface area (Å²) in [7, 11) is 1.56. The molecule has 2 heterocycles. The molecule has 0 unspecified atom stereocenters. The van der Waals surface area contributed by atoms with Gasteiger partial charge in [-0.2, -0.15) is 18.4 Å². The van der Waals surface area contributed by atoms with Crippen LogP contribution in [0.2, 0.25) is 5.02 Å². The van der Waals surface area contributed by atoms with Crippen LogP contribution < -0.4 is 9.64 Å². The molecule has 2 aromatic carbocycles. The second-order valence-corrected chi connectivity index (χ2v) is 9.89. The summed E-state index contributed by atoms with van der Waals surface area (Å²) in [6.45, 7) is 1.61. The molecule has 1 aromatic heterocycles. The van der Waals surface area contributed by atoms with Crippen LogP contribution >= 0.6 is 11.6 Å². The van der Waals surface area contributed by atoms with Gasteiger partial charge in [-0.15, -0.1) is 0 Å². The Labute approximate surface area is 239 Å². The average Bonchev–Trinajstić information content (AvgIpc) is 3.43. The summed E-state index contributed by atoms with van der Waals surface area (Å²) < 4.78 is 45.3. The summed E-state index contributed by atoms with van der Waals surface area (Å²) in [5, 5.41) is 19.0. The molecule has 1 N–H and O–H groups in total. The Morgan fingerprint density at radius 1 is 1.22 bits per heavy atom. The van der Waals surface area contributed by atoms with E-state index in [0.29, 0.717) is 43.5 Å². The summed E-state index contributed by atoms with van der Waals surface area (Å²) in [5.74, 6) is -0.816. The number of para-hydroxylation sites is 2. The molecule has 41 heavy (non-hydrogen) atoms. The number of carboxylic acids is 1. The molecule has 3 aromatic rings. The number of aliphatic carboxylic acids is 1. The van der Waals surface area contributed by atoms with Crippen LogP contribution in [0.3, 0.4) is 0 Å². The smallest absolute Gasteiger partial charge is 0.433 e. The molecule has 214 valence electrons. The number of hydrogen-bond acceptors (Lipinski definition) is 6. The first-order valence-electron chi connectivity index (χ1n) is 12.7. The zero-order valence-corrected chi connectivity index (χ0v) is 22.7. The number of ether oxygens (including phenoxy) is 1. The number of likely N-dealkylation sites (tertiary alicyclic amines) is 1. The van der Waals surface area contributed by atoms with Crippen LogP contribution in [-0.4, -0.2) is 59.7 Å². The lowest BCUT2D eigenvalue weighted by Gasteiger charge is -2.23. The van der Waals surface area contributed by atoms with Crippen molar-refractivity contribution in [3.8, 4) is 22.9 Å². The Balaban J connectivity index is 1.51. The SMILES string of the molecule is CN(C(=O)c1ccc(Cl)c(-c2cnc(C(F)(F)F)cc2C#N)c1)c1ccccc1OCCCN1CCC[C@H]1C(=O)O. The minimum absolute atomic E-state index is 0.0645. The van der Waals surface area contributed by atoms with Crippen LogP contribution in [0.4, 0.5) is 18.9 Å². The number of amides is 1. The third kappa shape index (κ3) is 6.78. The van der Waals surface area contributed by atoms with Gasteiger partial charge in [0.15, 0.2) is 0 Å². The molecule has 4 rings (SSSR count). The molecule has 0 spiro atoms.